The maximum atomic E-state index is 13.0. The van der Waals surface area contributed by atoms with Gasteiger partial charge in [-0.05, 0) is 35.9 Å². The van der Waals surface area contributed by atoms with Gasteiger partial charge < -0.3 is 9.47 Å². The molecule has 9 heteroatoms. The molecule has 1 heterocycles. The van der Waals surface area contributed by atoms with Crippen LogP contribution in [0.4, 0.5) is 5.69 Å². The second-order valence-electron chi connectivity index (χ2n) is 6.74. The second-order valence-corrected chi connectivity index (χ2v) is 9.42. The first-order chi connectivity index (χ1) is 14.9. The summed E-state index contributed by atoms with van der Waals surface area (Å²) in [7, 11) is -0.928. The average Bonchev–Trinajstić information content (AvgIpc) is 3.09. The Labute approximate surface area is 183 Å². The van der Waals surface area contributed by atoms with Crippen molar-refractivity contribution in [3.63, 3.8) is 0 Å². The van der Waals surface area contributed by atoms with Gasteiger partial charge in [0.15, 0.2) is 0 Å². The van der Waals surface area contributed by atoms with Gasteiger partial charge in [0.2, 0.25) is 0 Å². The minimum Gasteiger partial charge on any atom is -0.497 e. The highest BCUT2D eigenvalue weighted by atomic mass is 32.2. The largest absolute Gasteiger partial charge is 0.497 e. The van der Waals surface area contributed by atoms with Crippen LogP contribution in [0.5, 0.6) is 11.5 Å². The third-order valence-corrected chi connectivity index (χ3v) is 7.09. The number of rotatable bonds is 7. The molecule has 7 nitrogen and oxygen atoms in total. The van der Waals surface area contributed by atoms with Crippen LogP contribution in [-0.2, 0) is 16.6 Å². The van der Waals surface area contributed by atoms with Gasteiger partial charge in [-0.2, -0.15) is 0 Å². The molecule has 0 atom stereocenters. The lowest BCUT2D eigenvalue weighted by molar-refractivity contribution is 0.395. The molecule has 0 bridgehead atoms. The Balaban J connectivity index is 1.68. The van der Waals surface area contributed by atoms with Gasteiger partial charge in [0.25, 0.3) is 10.0 Å². The zero-order valence-electron chi connectivity index (χ0n) is 16.9. The van der Waals surface area contributed by atoms with E-state index >= 15 is 0 Å². The molecular formula is C22H20N2O5S2. The number of aromatic nitrogens is 1. The van der Waals surface area contributed by atoms with Crippen LogP contribution in [0.2, 0.25) is 0 Å². The van der Waals surface area contributed by atoms with E-state index in [9.17, 15) is 13.2 Å². The first-order valence-electron chi connectivity index (χ1n) is 9.33. The van der Waals surface area contributed by atoms with Gasteiger partial charge >= 0.3 is 4.87 Å². The number of thiazole rings is 1. The molecule has 1 aromatic heterocycles. The van der Waals surface area contributed by atoms with E-state index in [-0.39, 0.29) is 9.77 Å². The number of nitrogens with zero attached hydrogens (tertiary/aromatic N) is 1. The summed E-state index contributed by atoms with van der Waals surface area (Å²) in [5.41, 5.74) is 1.98. The highest BCUT2D eigenvalue weighted by Gasteiger charge is 2.19. The molecular weight excluding hydrogens is 436 g/mol. The van der Waals surface area contributed by atoms with E-state index < -0.39 is 10.0 Å². The molecule has 0 amide bonds. The lowest BCUT2D eigenvalue weighted by atomic mass is 10.2. The second kappa shape index (κ2) is 8.44. The summed E-state index contributed by atoms with van der Waals surface area (Å²) in [6, 6.07) is 19.1. The molecule has 0 radical (unpaired) electrons. The molecule has 0 fully saturated rings. The number of benzene rings is 3. The van der Waals surface area contributed by atoms with Crippen molar-refractivity contribution in [1.29, 1.82) is 0 Å². The molecule has 4 aromatic rings. The van der Waals surface area contributed by atoms with E-state index in [1.807, 2.05) is 30.3 Å². The predicted octanol–water partition coefficient (Wildman–Crippen LogP) is 3.93. The van der Waals surface area contributed by atoms with Crippen molar-refractivity contribution in [3.05, 3.63) is 82.0 Å². The van der Waals surface area contributed by atoms with Gasteiger partial charge in [-0.15, -0.1) is 0 Å². The fraction of sp³-hybridized carbons (Fsp3) is 0.136. The molecule has 1 N–H and O–H groups in total. The summed E-state index contributed by atoms with van der Waals surface area (Å²) in [4.78, 5) is 12.4. The number of hydrogen-bond acceptors (Lipinski definition) is 6. The van der Waals surface area contributed by atoms with Gasteiger partial charge in [0.05, 0.1) is 41.6 Å². The summed E-state index contributed by atoms with van der Waals surface area (Å²) in [6.45, 7) is 0.424. The normalized spacial score (nSPS) is 11.4. The molecule has 160 valence electrons. The van der Waals surface area contributed by atoms with Crippen molar-refractivity contribution >= 4 is 37.3 Å². The fourth-order valence-electron chi connectivity index (χ4n) is 3.22. The van der Waals surface area contributed by atoms with Crippen LogP contribution < -0.4 is 19.1 Å². The molecule has 0 saturated carbocycles. The van der Waals surface area contributed by atoms with Crippen LogP contribution in [0.1, 0.15) is 5.56 Å². The van der Waals surface area contributed by atoms with Gasteiger partial charge in [0, 0.05) is 6.07 Å². The van der Waals surface area contributed by atoms with Crippen molar-refractivity contribution in [2.24, 2.45) is 0 Å². The Morgan fingerprint density at radius 3 is 2.45 bits per heavy atom. The third-order valence-electron chi connectivity index (χ3n) is 4.79. The SMILES string of the molecule is COc1ccc(NS(=O)(=O)c2ccc3c(c2)sc(=O)n3Cc2ccccc2)c(OC)c1. The smallest absolute Gasteiger partial charge is 0.308 e. The number of nitrogens with one attached hydrogen (secondary N) is 1. The van der Waals surface area contributed by atoms with Crippen LogP contribution >= 0.6 is 11.3 Å². The van der Waals surface area contributed by atoms with Crippen molar-refractivity contribution in [1.82, 2.24) is 4.57 Å². The summed E-state index contributed by atoms with van der Waals surface area (Å²) in [5, 5.41) is 0. The maximum absolute atomic E-state index is 13.0. The molecule has 3 aromatic carbocycles. The fourth-order valence-corrected chi connectivity index (χ4v) is 5.32. The van der Waals surface area contributed by atoms with Gasteiger partial charge in [-0.3, -0.25) is 14.1 Å². The lowest BCUT2D eigenvalue weighted by Crippen LogP contribution is -2.14. The van der Waals surface area contributed by atoms with E-state index in [0.717, 1.165) is 16.9 Å². The minimum absolute atomic E-state index is 0.0611. The number of fused-ring (bicyclic) bond motifs is 1. The van der Waals surface area contributed by atoms with Gasteiger partial charge in [-0.1, -0.05) is 41.7 Å². The van der Waals surface area contributed by atoms with Crippen molar-refractivity contribution in [3.8, 4) is 11.5 Å². The summed E-state index contributed by atoms with van der Waals surface area (Å²) < 4.78 is 41.1. The van der Waals surface area contributed by atoms with E-state index in [0.29, 0.717) is 33.9 Å². The standard InChI is InChI=1S/C22H20N2O5S2/c1-28-16-8-10-18(20(12-16)29-2)23-31(26,27)17-9-11-19-21(13-17)30-22(25)24(19)14-15-6-4-3-5-7-15/h3-13,23H,14H2,1-2H3. The molecule has 31 heavy (non-hydrogen) atoms. The summed E-state index contributed by atoms with van der Waals surface area (Å²) >= 11 is 1.02. The number of anilines is 1. The highest BCUT2D eigenvalue weighted by Crippen LogP contribution is 2.31. The predicted molar refractivity (Wildman–Crippen MR) is 122 cm³/mol. The maximum Gasteiger partial charge on any atom is 0.308 e. The molecule has 0 spiro atoms. The van der Waals surface area contributed by atoms with Crippen LogP contribution in [0, 0.1) is 0 Å². The lowest BCUT2D eigenvalue weighted by Gasteiger charge is -2.13. The molecule has 0 unspecified atom stereocenters. The number of ether oxygens (including phenoxy) is 2. The Morgan fingerprint density at radius 1 is 0.968 bits per heavy atom. The number of hydrogen-bond donors (Lipinski definition) is 1. The minimum atomic E-state index is -3.89. The van der Waals surface area contributed by atoms with E-state index in [2.05, 4.69) is 4.72 Å². The summed E-state index contributed by atoms with van der Waals surface area (Å²) in [6.07, 6.45) is 0. The van der Waals surface area contributed by atoms with Crippen LogP contribution in [0.25, 0.3) is 10.2 Å². The Bertz CT molecular complexity index is 1390. The molecule has 4 rings (SSSR count). The Kier molecular flexibility index (Phi) is 5.71. The first kappa shape index (κ1) is 21.0. The van der Waals surface area contributed by atoms with Gasteiger partial charge in [-0.25, -0.2) is 8.42 Å². The molecule has 0 aliphatic carbocycles. The number of methoxy groups -OCH3 is 2. The van der Waals surface area contributed by atoms with Crippen LogP contribution in [0.3, 0.4) is 0 Å². The van der Waals surface area contributed by atoms with E-state index in [1.165, 1.54) is 26.4 Å². The first-order valence-corrected chi connectivity index (χ1v) is 11.6. The van der Waals surface area contributed by atoms with Crippen molar-refractivity contribution in [2.45, 2.75) is 11.4 Å². The van der Waals surface area contributed by atoms with Crippen molar-refractivity contribution in [2.75, 3.05) is 18.9 Å². The monoisotopic (exact) mass is 456 g/mol. The van der Waals surface area contributed by atoms with E-state index in [4.69, 9.17) is 9.47 Å². The van der Waals surface area contributed by atoms with E-state index in [1.54, 1.807) is 28.8 Å². The van der Waals surface area contributed by atoms with Crippen LogP contribution in [0.15, 0.2) is 76.4 Å². The number of sulfonamides is 1. The van der Waals surface area contributed by atoms with Crippen molar-refractivity contribution < 1.29 is 17.9 Å². The quantitative estimate of drug-likeness (QED) is 0.455. The Hall–Kier alpha value is -3.30. The zero-order valence-corrected chi connectivity index (χ0v) is 18.5. The summed E-state index contributed by atoms with van der Waals surface area (Å²) in [5.74, 6) is 0.883. The molecule has 0 aliphatic heterocycles. The average molecular weight is 457 g/mol. The zero-order chi connectivity index (χ0) is 22.0. The molecule has 0 saturated heterocycles. The molecule has 0 aliphatic rings. The Morgan fingerprint density at radius 2 is 1.74 bits per heavy atom. The van der Waals surface area contributed by atoms with Gasteiger partial charge in [0.1, 0.15) is 11.5 Å². The topological polar surface area (TPSA) is 86.6 Å². The van der Waals surface area contributed by atoms with Crippen LogP contribution in [-0.4, -0.2) is 27.2 Å². The highest BCUT2D eigenvalue weighted by molar-refractivity contribution is 7.92. The third kappa shape index (κ3) is 4.28.